The molecule has 1 saturated carbocycles. The lowest BCUT2D eigenvalue weighted by atomic mass is 10.1. The standard InChI is InChI=1S/C17H30N4/c1-12(10-21-15(4)7-13(2)19-21)9-18-16-8-14(3)20(11-16)17-5-6-17/h7,12,14,16-18H,5-6,8-11H2,1-4H3/t12-,14+,16+/m1/s1. The molecule has 3 rings (SSSR count). The zero-order valence-electron chi connectivity index (χ0n) is 14.0. The molecule has 3 atom stereocenters. The van der Waals surface area contributed by atoms with Gasteiger partial charge in [-0.3, -0.25) is 9.58 Å². The van der Waals surface area contributed by atoms with Gasteiger partial charge in [-0.1, -0.05) is 6.92 Å². The fourth-order valence-corrected chi connectivity index (χ4v) is 3.71. The zero-order chi connectivity index (χ0) is 15.0. The molecule has 2 fully saturated rings. The number of nitrogens with zero attached hydrogens (tertiary/aromatic N) is 3. The van der Waals surface area contributed by atoms with E-state index < -0.39 is 0 Å². The third kappa shape index (κ3) is 3.67. The van der Waals surface area contributed by atoms with Gasteiger partial charge >= 0.3 is 0 Å². The Morgan fingerprint density at radius 3 is 2.76 bits per heavy atom. The van der Waals surface area contributed by atoms with Gasteiger partial charge in [0.05, 0.1) is 5.69 Å². The molecule has 4 nitrogen and oxygen atoms in total. The molecule has 0 amide bonds. The average molecular weight is 290 g/mol. The number of hydrogen-bond donors (Lipinski definition) is 1. The van der Waals surface area contributed by atoms with E-state index in [0.717, 1.165) is 30.9 Å². The lowest BCUT2D eigenvalue weighted by molar-refractivity contribution is 0.254. The summed E-state index contributed by atoms with van der Waals surface area (Å²) >= 11 is 0. The van der Waals surface area contributed by atoms with Gasteiger partial charge in [-0.25, -0.2) is 0 Å². The molecule has 0 radical (unpaired) electrons. The van der Waals surface area contributed by atoms with Gasteiger partial charge in [0.15, 0.2) is 0 Å². The van der Waals surface area contributed by atoms with Crippen LogP contribution in [0.25, 0.3) is 0 Å². The van der Waals surface area contributed by atoms with E-state index in [1.165, 1.54) is 31.5 Å². The molecule has 1 aliphatic carbocycles. The molecule has 1 aromatic rings. The zero-order valence-corrected chi connectivity index (χ0v) is 14.0. The smallest absolute Gasteiger partial charge is 0.0596 e. The van der Waals surface area contributed by atoms with E-state index in [1.807, 2.05) is 0 Å². The highest BCUT2D eigenvalue weighted by molar-refractivity contribution is 5.06. The van der Waals surface area contributed by atoms with Crippen LogP contribution in [0.1, 0.15) is 44.5 Å². The fourth-order valence-electron chi connectivity index (χ4n) is 3.71. The van der Waals surface area contributed by atoms with Crippen LogP contribution in [0.5, 0.6) is 0 Å². The first-order valence-corrected chi connectivity index (χ1v) is 8.53. The van der Waals surface area contributed by atoms with E-state index in [-0.39, 0.29) is 0 Å². The van der Waals surface area contributed by atoms with Crippen molar-refractivity contribution in [2.75, 3.05) is 13.1 Å². The average Bonchev–Trinajstić information content (AvgIpc) is 3.12. The molecule has 1 aromatic heterocycles. The Morgan fingerprint density at radius 1 is 1.38 bits per heavy atom. The van der Waals surface area contributed by atoms with Gasteiger partial charge in [-0.2, -0.15) is 5.10 Å². The summed E-state index contributed by atoms with van der Waals surface area (Å²) in [4.78, 5) is 2.71. The number of likely N-dealkylation sites (tertiary alicyclic amines) is 1. The summed E-state index contributed by atoms with van der Waals surface area (Å²) in [7, 11) is 0. The van der Waals surface area contributed by atoms with Gasteiger partial charge in [0.2, 0.25) is 0 Å². The predicted octanol–water partition coefficient (Wildman–Crippen LogP) is 2.35. The Kier molecular flexibility index (Phi) is 4.36. The Balaban J connectivity index is 1.43. The molecule has 2 heterocycles. The summed E-state index contributed by atoms with van der Waals surface area (Å²) in [5.74, 6) is 0.619. The first kappa shape index (κ1) is 15.0. The van der Waals surface area contributed by atoms with Gasteiger partial charge in [-0.05, 0) is 58.6 Å². The van der Waals surface area contributed by atoms with Crippen molar-refractivity contribution in [1.29, 1.82) is 0 Å². The Morgan fingerprint density at radius 2 is 2.14 bits per heavy atom. The van der Waals surface area contributed by atoms with Gasteiger partial charge < -0.3 is 5.32 Å². The maximum atomic E-state index is 4.57. The molecule has 4 heteroatoms. The summed E-state index contributed by atoms with van der Waals surface area (Å²) < 4.78 is 2.15. The topological polar surface area (TPSA) is 33.1 Å². The molecular weight excluding hydrogens is 260 g/mol. The molecule has 1 saturated heterocycles. The van der Waals surface area contributed by atoms with E-state index >= 15 is 0 Å². The lowest BCUT2D eigenvalue weighted by Crippen LogP contribution is -2.37. The Bertz CT molecular complexity index is 477. The molecule has 0 aromatic carbocycles. The summed E-state index contributed by atoms with van der Waals surface area (Å²) in [6.07, 6.45) is 4.15. The first-order chi connectivity index (χ1) is 10.0. The van der Waals surface area contributed by atoms with Crippen LogP contribution in [0.15, 0.2) is 6.07 Å². The van der Waals surface area contributed by atoms with Crippen molar-refractivity contribution in [1.82, 2.24) is 20.0 Å². The van der Waals surface area contributed by atoms with Gasteiger partial charge in [-0.15, -0.1) is 0 Å². The van der Waals surface area contributed by atoms with Crippen molar-refractivity contribution in [3.05, 3.63) is 17.5 Å². The van der Waals surface area contributed by atoms with Crippen LogP contribution in [-0.2, 0) is 6.54 Å². The monoisotopic (exact) mass is 290 g/mol. The van der Waals surface area contributed by atoms with Crippen molar-refractivity contribution in [3.63, 3.8) is 0 Å². The van der Waals surface area contributed by atoms with Crippen molar-refractivity contribution < 1.29 is 0 Å². The highest BCUT2D eigenvalue weighted by atomic mass is 15.3. The molecule has 0 spiro atoms. The van der Waals surface area contributed by atoms with Crippen LogP contribution >= 0.6 is 0 Å². The fraction of sp³-hybridized carbons (Fsp3) is 0.824. The third-order valence-electron chi connectivity index (χ3n) is 4.98. The molecule has 118 valence electrons. The second kappa shape index (κ2) is 6.09. The largest absolute Gasteiger partial charge is 0.312 e. The second-order valence-corrected chi connectivity index (χ2v) is 7.33. The maximum absolute atomic E-state index is 4.57. The van der Waals surface area contributed by atoms with Crippen molar-refractivity contribution in [2.24, 2.45) is 5.92 Å². The summed E-state index contributed by atoms with van der Waals surface area (Å²) in [6, 6.07) is 4.51. The van der Waals surface area contributed by atoms with Crippen LogP contribution < -0.4 is 5.32 Å². The van der Waals surface area contributed by atoms with Crippen molar-refractivity contribution >= 4 is 0 Å². The van der Waals surface area contributed by atoms with Gasteiger partial charge in [0.25, 0.3) is 0 Å². The number of aryl methyl sites for hydroxylation is 2. The van der Waals surface area contributed by atoms with Gasteiger partial charge in [0, 0.05) is 36.9 Å². The van der Waals surface area contributed by atoms with Crippen molar-refractivity contribution in [2.45, 2.75) is 71.6 Å². The van der Waals surface area contributed by atoms with Crippen molar-refractivity contribution in [3.8, 4) is 0 Å². The molecule has 2 aliphatic rings. The van der Waals surface area contributed by atoms with Crippen LogP contribution in [-0.4, -0.2) is 45.9 Å². The lowest BCUT2D eigenvalue weighted by Gasteiger charge is -2.20. The first-order valence-electron chi connectivity index (χ1n) is 8.53. The van der Waals surface area contributed by atoms with E-state index in [0.29, 0.717) is 12.0 Å². The Hall–Kier alpha value is -0.870. The molecule has 21 heavy (non-hydrogen) atoms. The predicted molar refractivity (Wildman–Crippen MR) is 86.5 cm³/mol. The summed E-state index contributed by atoms with van der Waals surface area (Å²) in [5.41, 5.74) is 2.39. The highest BCUT2D eigenvalue weighted by Gasteiger charge is 2.38. The third-order valence-corrected chi connectivity index (χ3v) is 4.98. The number of hydrogen-bond acceptors (Lipinski definition) is 3. The van der Waals surface area contributed by atoms with Crippen LogP contribution in [0.3, 0.4) is 0 Å². The summed E-state index contributed by atoms with van der Waals surface area (Å²) in [6.45, 7) is 12.3. The number of nitrogens with one attached hydrogen (secondary N) is 1. The van der Waals surface area contributed by atoms with Crippen LogP contribution in [0.2, 0.25) is 0 Å². The summed E-state index contributed by atoms with van der Waals surface area (Å²) in [5, 5.41) is 8.35. The van der Waals surface area contributed by atoms with Gasteiger partial charge in [0.1, 0.15) is 0 Å². The minimum Gasteiger partial charge on any atom is -0.312 e. The van der Waals surface area contributed by atoms with E-state index in [1.54, 1.807) is 0 Å². The molecular formula is C17H30N4. The molecule has 0 bridgehead atoms. The minimum atomic E-state index is 0.619. The highest BCUT2D eigenvalue weighted by Crippen LogP contribution is 2.33. The second-order valence-electron chi connectivity index (χ2n) is 7.33. The maximum Gasteiger partial charge on any atom is 0.0596 e. The van der Waals surface area contributed by atoms with Crippen LogP contribution in [0.4, 0.5) is 0 Å². The van der Waals surface area contributed by atoms with E-state index in [4.69, 9.17) is 0 Å². The quantitative estimate of drug-likeness (QED) is 0.873. The molecule has 1 aliphatic heterocycles. The van der Waals surface area contributed by atoms with E-state index in [9.17, 15) is 0 Å². The minimum absolute atomic E-state index is 0.619. The SMILES string of the molecule is Cc1cc(C)n(C[C@H](C)CN[C@H]2C[C@H](C)N(C3CC3)C2)n1. The normalized spacial score (nSPS) is 28.2. The Labute approximate surface area is 128 Å². The van der Waals surface area contributed by atoms with Crippen LogP contribution in [0, 0.1) is 19.8 Å². The molecule has 1 N–H and O–H groups in total. The number of rotatable bonds is 6. The number of aromatic nitrogens is 2. The molecule has 0 unspecified atom stereocenters. The van der Waals surface area contributed by atoms with E-state index in [2.05, 4.69) is 53.8 Å².